The largest absolute Gasteiger partial charge is 0.494 e. The summed E-state index contributed by atoms with van der Waals surface area (Å²) in [4.78, 5) is 24.0. The summed E-state index contributed by atoms with van der Waals surface area (Å²) < 4.78 is 21.4. The van der Waals surface area contributed by atoms with E-state index in [1.807, 2.05) is 6.92 Å². The van der Waals surface area contributed by atoms with Crippen molar-refractivity contribution in [1.29, 1.82) is 0 Å². The summed E-state index contributed by atoms with van der Waals surface area (Å²) in [7, 11) is 0. The predicted molar refractivity (Wildman–Crippen MR) is 102 cm³/mol. The van der Waals surface area contributed by atoms with Crippen molar-refractivity contribution in [2.24, 2.45) is 0 Å². The summed E-state index contributed by atoms with van der Waals surface area (Å²) in [5, 5.41) is 2.92. The molecule has 28 heavy (non-hydrogen) atoms. The highest BCUT2D eigenvalue weighted by atomic mass is 35.5. The van der Waals surface area contributed by atoms with Gasteiger partial charge in [0.05, 0.1) is 11.6 Å². The van der Waals surface area contributed by atoms with Crippen LogP contribution in [0.2, 0.25) is 5.02 Å². The fourth-order valence-electron chi connectivity index (χ4n) is 2.59. The number of carbonyl (C=O) groups is 2. The SMILES string of the molecule is CCOc1ccc(C(=O)NCC(=O)OCc2cc(Cl)c3c(c2)OCCO3)cc1. The van der Waals surface area contributed by atoms with Gasteiger partial charge in [0.2, 0.25) is 0 Å². The molecule has 0 bridgehead atoms. The van der Waals surface area contributed by atoms with Gasteiger partial charge in [-0.15, -0.1) is 0 Å². The smallest absolute Gasteiger partial charge is 0.325 e. The Morgan fingerprint density at radius 2 is 1.89 bits per heavy atom. The topological polar surface area (TPSA) is 83.1 Å². The fraction of sp³-hybridized carbons (Fsp3) is 0.300. The quantitative estimate of drug-likeness (QED) is 0.713. The minimum Gasteiger partial charge on any atom is -0.494 e. The van der Waals surface area contributed by atoms with E-state index in [9.17, 15) is 9.59 Å². The van der Waals surface area contributed by atoms with Crippen molar-refractivity contribution in [3.8, 4) is 17.2 Å². The van der Waals surface area contributed by atoms with Gasteiger partial charge in [0.1, 0.15) is 32.1 Å². The molecule has 0 radical (unpaired) electrons. The van der Waals surface area contributed by atoms with Gasteiger partial charge < -0.3 is 24.3 Å². The van der Waals surface area contributed by atoms with Gasteiger partial charge in [0.15, 0.2) is 11.5 Å². The summed E-state index contributed by atoms with van der Waals surface area (Å²) in [6.45, 7) is 3.06. The van der Waals surface area contributed by atoms with Crippen LogP contribution in [-0.2, 0) is 16.1 Å². The van der Waals surface area contributed by atoms with Crippen LogP contribution < -0.4 is 19.5 Å². The van der Waals surface area contributed by atoms with E-state index >= 15 is 0 Å². The number of nitrogens with one attached hydrogen (secondary N) is 1. The Kier molecular flexibility index (Phi) is 6.60. The van der Waals surface area contributed by atoms with E-state index in [1.165, 1.54) is 0 Å². The highest BCUT2D eigenvalue weighted by Gasteiger charge is 2.17. The van der Waals surface area contributed by atoms with E-state index in [0.717, 1.165) is 0 Å². The van der Waals surface area contributed by atoms with Crippen LogP contribution in [0.3, 0.4) is 0 Å². The van der Waals surface area contributed by atoms with Gasteiger partial charge in [-0.3, -0.25) is 9.59 Å². The van der Waals surface area contributed by atoms with Crippen molar-refractivity contribution in [2.45, 2.75) is 13.5 Å². The lowest BCUT2D eigenvalue weighted by Crippen LogP contribution is -2.30. The van der Waals surface area contributed by atoms with Crippen molar-refractivity contribution < 1.29 is 28.5 Å². The normalized spacial score (nSPS) is 12.2. The van der Waals surface area contributed by atoms with Crippen molar-refractivity contribution in [3.63, 3.8) is 0 Å². The summed E-state index contributed by atoms with van der Waals surface area (Å²) in [6.07, 6.45) is 0. The molecule has 0 atom stereocenters. The second-order valence-electron chi connectivity index (χ2n) is 5.90. The molecule has 148 valence electrons. The molecule has 1 heterocycles. The Morgan fingerprint density at radius 3 is 2.64 bits per heavy atom. The monoisotopic (exact) mass is 405 g/mol. The van der Waals surface area contributed by atoms with Crippen LogP contribution in [-0.4, -0.2) is 38.2 Å². The van der Waals surface area contributed by atoms with E-state index in [1.54, 1.807) is 36.4 Å². The third-order valence-corrected chi connectivity index (χ3v) is 4.16. The molecular formula is C20H20ClNO6. The highest BCUT2D eigenvalue weighted by molar-refractivity contribution is 6.32. The summed E-state index contributed by atoms with van der Waals surface area (Å²) in [5.74, 6) is 0.753. The molecule has 0 unspecified atom stereocenters. The van der Waals surface area contributed by atoms with Crippen LogP contribution >= 0.6 is 11.6 Å². The lowest BCUT2D eigenvalue weighted by atomic mass is 10.2. The molecule has 0 spiro atoms. The first kappa shape index (κ1) is 19.8. The van der Waals surface area contributed by atoms with Gasteiger partial charge in [0.25, 0.3) is 5.91 Å². The van der Waals surface area contributed by atoms with Gasteiger partial charge >= 0.3 is 5.97 Å². The van der Waals surface area contributed by atoms with E-state index in [2.05, 4.69) is 5.32 Å². The molecule has 2 aromatic carbocycles. The zero-order chi connectivity index (χ0) is 19.9. The first-order chi connectivity index (χ1) is 13.6. The molecule has 0 aromatic heterocycles. The van der Waals surface area contributed by atoms with E-state index < -0.39 is 5.97 Å². The number of rotatable bonds is 7. The Hall–Kier alpha value is -2.93. The summed E-state index contributed by atoms with van der Waals surface area (Å²) >= 11 is 6.15. The summed E-state index contributed by atoms with van der Waals surface area (Å²) in [5.41, 5.74) is 1.09. The Morgan fingerprint density at radius 1 is 1.14 bits per heavy atom. The molecule has 1 aliphatic rings. The molecule has 0 saturated carbocycles. The van der Waals surface area contributed by atoms with Crippen LogP contribution in [0.15, 0.2) is 36.4 Å². The lowest BCUT2D eigenvalue weighted by molar-refractivity contribution is -0.143. The third-order valence-electron chi connectivity index (χ3n) is 3.88. The van der Waals surface area contributed by atoms with Gasteiger partial charge in [-0.25, -0.2) is 0 Å². The van der Waals surface area contributed by atoms with Crippen LogP contribution in [0.5, 0.6) is 17.2 Å². The fourth-order valence-corrected chi connectivity index (χ4v) is 2.87. The molecule has 0 aliphatic carbocycles. The Labute approximate surface area is 167 Å². The molecule has 1 aliphatic heterocycles. The van der Waals surface area contributed by atoms with Gasteiger partial charge in [-0.2, -0.15) is 0 Å². The molecule has 1 amide bonds. The number of halogens is 1. The zero-order valence-electron chi connectivity index (χ0n) is 15.3. The van der Waals surface area contributed by atoms with Crippen LogP contribution in [0, 0.1) is 0 Å². The number of hydrogen-bond donors (Lipinski definition) is 1. The molecule has 7 nitrogen and oxygen atoms in total. The molecule has 3 rings (SSSR count). The van der Waals surface area contributed by atoms with Crippen LogP contribution in [0.25, 0.3) is 0 Å². The van der Waals surface area contributed by atoms with E-state index in [-0.39, 0.29) is 19.1 Å². The van der Waals surface area contributed by atoms with Crippen LogP contribution in [0.4, 0.5) is 0 Å². The Balaban J connectivity index is 1.48. The van der Waals surface area contributed by atoms with E-state index in [0.29, 0.717) is 53.2 Å². The first-order valence-corrected chi connectivity index (χ1v) is 9.19. The molecule has 8 heteroatoms. The molecule has 0 fully saturated rings. The minimum atomic E-state index is -0.565. The number of ether oxygens (including phenoxy) is 4. The maximum absolute atomic E-state index is 12.1. The average Bonchev–Trinajstić information content (AvgIpc) is 2.71. The maximum atomic E-state index is 12.1. The van der Waals surface area contributed by atoms with Crippen molar-refractivity contribution >= 4 is 23.5 Å². The van der Waals surface area contributed by atoms with Gasteiger partial charge in [-0.05, 0) is 48.9 Å². The van der Waals surface area contributed by atoms with Crippen LogP contribution in [0.1, 0.15) is 22.8 Å². The third kappa shape index (κ3) is 5.07. The second-order valence-corrected chi connectivity index (χ2v) is 6.31. The number of fused-ring (bicyclic) bond motifs is 1. The standard InChI is InChI=1S/C20H20ClNO6/c1-2-25-15-5-3-14(4-6-15)20(24)22-11-18(23)28-12-13-9-16(21)19-17(10-13)26-7-8-27-19/h3-6,9-10H,2,7-8,11-12H2,1H3,(H,22,24). The minimum absolute atomic E-state index is 0.00805. The maximum Gasteiger partial charge on any atom is 0.325 e. The number of hydrogen-bond acceptors (Lipinski definition) is 6. The summed E-state index contributed by atoms with van der Waals surface area (Å²) in [6, 6.07) is 10.0. The molecular weight excluding hydrogens is 386 g/mol. The Bertz CT molecular complexity index is 853. The van der Waals surface area contributed by atoms with Crippen molar-refractivity contribution in [2.75, 3.05) is 26.4 Å². The second kappa shape index (κ2) is 9.32. The molecule has 2 aromatic rings. The highest BCUT2D eigenvalue weighted by Crippen LogP contribution is 2.38. The molecule has 0 saturated heterocycles. The number of esters is 1. The van der Waals surface area contributed by atoms with Gasteiger partial charge in [-0.1, -0.05) is 11.6 Å². The lowest BCUT2D eigenvalue weighted by Gasteiger charge is -2.20. The number of benzene rings is 2. The average molecular weight is 406 g/mol. The zero-order valence-corrected chi connectivity index (χ0v) is 16.1. The van der Waals surface area contributed by atoms with Crippen molar-refractivity contribution in [3.05, 3.63) is 52.5 Å². The number of amides is 1. The van der Waals surface area contributed by atoms with Gasteiger partial charge in [0, 0.05) is 5.56 Å². The number of carbonyl (C=O) groups excluding carboxylic acids is 2. The molecule has 1 N–H and O–H groups in total. The van der Waals surface area contributed by atoms with Crippen molar-refractivity contribution in [1.82, 2.24) is 5.32 Å². The van der Waals surface area contributed by atoms with E-state index in [4.69, 9.17) is 30.5 Å². The predicted octanol–water partition coefficient (Wildman–Crippen LogP) is 2.98. The first-order valence-electron chi connectivity index (χ1n) is 8.81.